The van der Waals surface area contributed by atoms with Crippen molar-refractivity contribution in [3.63, 3.8) is 0 Å². The molecule has 15 atom stereocenters. The van der Waals surface area contributed by atoms with E-state index in [0.717, 1.165) is 6.92 Å². The summed E-state index contributed by atoms with van der Waals surface area (Å²) in [5.74, 6) is -0.676. The van der Waals surface area contributed by atoms with Gasteiger partial charge in [0.2, 0.25) is 5.91 Å². The molecule has 0 aromatic carbocycles. The van der Waals surface area contributed by atoms with E-state index in [1.165, 1.54) is 0 Å². The molecule has 3 aliphatic heterocycles. The molecule has 3 rings (SSSR count). The van der Waals surface area contributed by atoms with Gasteiger partial charge in [-0.15, -0.1) is 0 Å². The summed E-state index contributed by atoms with van der Waals surface area (Å²) in [7, 11) is 0. The molecule has 1 amide bonds. The van der Waals surface area contributed by atoms with E-state index in [-0.39, 0.29) is 0 Å². The molecule has 216 valence electrons. The van der Waals surface area contributed by atoms with Gasteiger partial charge in [0.15, 0.2) is 18.9 Å². The Labute approximate surface area is 210 Å². The Morgan fingerprint density at radius 3 is 1.73 bits per heavy atom. The van der Waals surface area contributed by atoms with Gasteiger partial charge in [-0.25, -0.2) is 0 Å². The average molecular weight is 545 g/mol. The Bertz CT molecular complexity index is 743. The van der Waals surface area contributed by atoms with Crippen molar-refractivity contribution >= 4 is 5.91 Å². The monoisotopic (exact) mass is 545 g/mol. The third-order valence-corrected chi connectivity index (χ3v) is 6.49. The number of amides is 1. The van der Waals surface area contributed by atoms with E-state index in [2.05, 4.69) is 5.32 Å². The summed E-state index contributed by atoms with van der Waals surface area (Å²) in [4.78, 5) is 11.9. The number of rotatable bonds is 8. The van der Waals surface area contributed by atoms with Gasteiger partial charge in [-0.2, -0.15) is 0 Å². The van der Waals surface area contributed by atoms with Crippen LogP contribution in [-0.4, -0.2) is 169 Å². The molecule has 0 aromatic heterocycles. The number of aliphatic hydroxyl groups excluding tert-OH is 10. The maximum Gasteiger partial charge on any atom is 0.217 e. The zero-order valence-corrected chi connectivity index (χ0v) is 19.7. The van der Waals surface area contributed by atoms with Crippen molar-refractivity contribution in [3.05, 3.63) is 0 Å². The van der Waals surface area contributed by atoms with Crippen LogP contribution in [0.5, 0.6) is 0 Å². The molecule has 0 bridgehead atoms. The molecule has 17 nitrogen and oxygen atoms in total. The average Bonchev–Trinajstić information content (AvgIpc) is 2.87. The molecule has 0 saturated carbocycles. The molecule has 0 spiro atoms. The van der Waals surface area contributed by atoms with Gasteiger partial charge in [0, 0.05) is 6.92 Å². The van der Waals surface area contributed by atoms with Crippen molar-refractivity contribution in [2.24, 2.45) is 0 Å². The lowest BCUT2D eigenvalue weighted by Crippen LogP contribution is -2.69. The number of nitrogens with one attached hydrogen (secondary N) is 1. The Morgan fingerprint density at radius 2 is 1.16 bits per heavy atom. The highest BCUT2D eigenvalue weighted by molar-refractivity contribution is 5.73. The van der Waals surface area contributed by atoms with E-state index in [0.29, 0.717) is 0 Å². The number of ether oxygens (including phenoxy) is 5. The first-order chi connectivity index (χ1) is 17.4. The molecule has 3 saturated heterocycles. The number of aliphatic hydroxyl groups is 10. The fourth-order valence-corrected chi connectivity index (χ4v) is 4.46. The second-order valence-electron chi connectivity index (χ2n) is 9.07. The largest absolute Gasteiger partial charge is 0.394 e. The van der Waals surface area contributed by atoms with Crippen LogP contribution >= 0.6 is 0 Å². The van der Waals surface area contributed by atoms with Crippen LogP contribution in [0.1, 0.15) is 6.92 Å². The second-order valence-corrected chi connectivity index (χ2v) is 9.07. The van der Waals surface area contributed by atoms with Crippen LogP contribution in [0, 0.1) is 0 Å². The number of hydrogen-bond acceptors (Lipinski definition) is 16. The maximum absolute atomic E-state index is 11.9. The standard InChI is InChI=1S/C20H35NO16/c1-5(25)21-9-11(27)16(37-20-15(31)12(28)10(26)6(2-22)34-20)8(4-24)35-19(9)36-17-7(3-23)33-18(32)14(30)13(17)29/h6-20,22-24,26-32H,2-4H2,1H3,(H,21,25)/t6-,7-,8-,9-,10+,11-,12+,13-,14-,15-,16-,17+,18?,19+,20+/m1/s1. The van der Waals surface area contributed by atoms with Crippen molar-refractivity contribution in [3.8, 4) is 0 Å². The summed E-state index contributed by atoms with van der Waals surface area (Å²) in [6, 6.07) is -1.47. The lowest BCUT2D eigenvalue weighted by molar-refractivity contribution is -0.365. The fraction of sp³-hybridized carbons (Fsp3) is 0.950. The lowest BCUT2D eigenvalue weighted by atomic mass is 9.94. The molecular formula is C20H35NO16. The van der Waals surface area contributed by atoms with Gasteiger partial charge in [0.1, 0.15) is 73.2 Å². The Morgan fingerprint density at radius 1 is 0.649 bits per heavy atom. The molecule has 0 aliphatic carbocycles. The van der Waals surface area contributed by atoms with Gasteiger partial charge in [0.25, 0.3) is 0 Å². The highest BCUT2D eigenvalue weighted by atomic mass is 16.7. The molecule has 11 N–H and O–H groups in total. The number of hydrogen-bond donors (Lipinski definition) is 11. The van der Waals surface area contributed by atoms with Crippen molar-refractivity contribution in [1.29, 1.82) is 0 Å². The van der Waals surface area contributed by atoms with E-state index in [1.54, 1.807) is 0 Å². The van der Waals surface area contributed by atoms with E-state index < -0.39 is 118 Å². The summed E-state index contributed by atoms with van der Waals surface area (Å²) < 4.78 is 27.2. The molecule has 0 aromatic rings. The van der Waals surface area contributed by atoms with Gasteiger partial charge in [-0.1, -0.05) is 0 Å². The first-order valence-electron chi connectivity index (χ1n) is 11.6. The summed E-state index contributed by atoms with van der Waals surface area (Å²) in [5, 5.41) is 103. The van der Waals surface area contributed by atoms with Crippen LogP contribution in [0.4, 0.5) is 0 Å². The molecule has 37 heavy (non-hydrogen) atoms. The van der Waals surface area contributed by atoms with Gasteiger partial charge in [-0.05, 0) is 0 Å². The van der Waals surface area contributed by atoms with Crippen molar-refractivity contribution in [2.45, 2.75) is 99.0 Å². The van der Waals surface area contributed by atoms with Crippen molar-refractivity contribution in [2.75, 3.05) is 19.8 Å². The van der Waals surface area contributed by atoms with Gasteiger partial charge >= 0.3 is 0 Å². The van der Waals surface area contributed by atoms with E-state index >= 15 is 0 Å². The highest BCUT2D eigenvalue weighted by Gasteiger charge is 2.53. The minimum atomic E-state index is -1.84. The summed E-state index contributed by atoms with van der Waals surface area (Å²) in [5.41, 5.74) is 0. The van der Waals surface area contributed by atoms with Crippen LogP contribution in [0.3, 0.4) is 0 Å². The van der Waals surface area contributed by atoms with Gasteiger partial charge < -0.3 is 80.1 Å². The first kappa shape index (κ1) is 30.4. The van der Waals surface area contributed by atoms with Crippen molar-refractivity contribution < 1.29 is 79.5 Å². The predicted molar refractivity (Wildman–Crippen MR) is 113 cm³/mol. The molecule has 3 heterocycles. The Kier molecular flexibility index (Phi) is 10.5. The smallest absolute Gasteiger partial charge is 0.217 e. The molecule has 1 unspecified atom stereocenters. The van der Waals surface area contributed by atoms with Gasteiger partial charge in [-0.3, -0.25) is 4.79 Å². The van der Waals surface area contributed by atoms with Gasteiger partial charge in [0.05, 0.1) is 19.8 Å². The minimum Gasteiger partial charge on any atom is -0.394 e. The second kappa shape index (κ2) is 12.8. The lowest BCUT2D eigenvalue weighted by Gasteiger charge is -2.49. The predicted octanol–water partition coefficient (Wildman–Crippen LogP) is -7.43. The molecule has 3 aliphatic rings. The molecule has 17 heteroatoms. The topological polar surface area (TPSA) is 278 Å². The highest BCUT2D eigenvalue weighted by Crippen LogP contribution is 2.32. The van der Waals surface area contributed by atoms with Crippen LogP contribution in [0.15, 0.2) is 0 Å². The van der Waals surface area contributed by atoms with Crippen LogP contribution in [0.25, 0.3) is 0 Å². The van der Waals surface area contributed by atoms with E-state index in [4.69, 9.17) is 23.7 Å². The minimum absolute atomic E-state index is 0.676. The first-order valence-corrected chi connectivity index (χ1v) is 11.6. The Hall–Kier alpha value is -1.13. The molecule has 0 radical (unpaired) electrons. The quantitative estimate of drug-likeness (QED) is 0.135. The third-order valence-electron chi connectivity index (χ3n) is 6.49. The fourth-order valence-electron chi connectivity index (χ4n) is 4.46. The molecule has 3 fully saturated rings. The zero-order chi connectivity index (χ0) is 27.6. The number of carbonyl (C=O) groups excluding carboxylic acids is 1. The van der Waals surface area contributed by atoms with E-state index in [1.807, 2.05) is 0 Å². The molecular weight excluding hydrogens is 510 g/mol. The van der Waals surface area contributed by atoms with Crippen molar-refractivity contribution in [1.82, 2.24) is 5.32 Å². The summed E-state index contributed by atoms with van der Waals surface area (Å²) in [6.07, 6.45) is -23.1. The zero-order valence-electron chi connectivity index (χ0n) is 19.7. The third kappa shape index (κ3) is 6.38. The van der Waals surface area contributed by atoms with Crippen LogP contribution in [0.2, 0.25) is 0 Å². The normalized spacial score (nSPS) is 49.0. The Balaban J connectivity index is 1.83. The van der Waals surface area contributed by atoms with Crippen LogP contribution < -0.4 is 5.32 Å². The van der Waals surface area contributed by atoms with Crippen LogP contribution in [-0.2, 0) is 28.5 Å². The SMILES string of the molecule is CC(=O)N[C@H]1[C@H](O[C@@H]2[C@H](O)[C@@H](O)C(O)O[C@@H]2CO)O[C@H](CO)[C@@H](O[C@@H]2O[C@H](CO)[C@H](O)[C@H](O)[C@H]2O)[C@@H]1O. The van der Waals surface area contributed by atoms with E-state index in [9.17, 15) is 55.9 Å². The maximum atomic E-state index is 11.9. The summed E-state index contributed by atoms with van der Waals surface area (Å²) >= 11 is 0. The summed E-state index contributed by atoms with van der Waals surface area (Å²) in [6.45, 7) is -1.23. The number of carbonyl (C=O) groups is 1.